The molecule has 30 heavy (non-hydrogen) atoms. The van der Waals surface area contributed by atoms with Crippen molar-refractivity contribution in [3.05, 3.63) is 40.3 Å². The Morgan fingerprint density at radius 3 is 2.63 bits per heavy atom. The maximum Gasteiger partial charge on any atom is 0.266 e. The molecule has 1 aromatic rings. The van der Waals surface area contributed by atoms with E-state index in [2.05, 4.69) is 36.2 Å². The molecule has 2 aliphatic rings. The Morgan fingerprint density at radius 1 is 1.27 bits per heavy atom. The molecule has 2 fully saturated rings. The Kier molecular flexibility index (Phi) is 8.44. The van der Waals surface area contributed by atoms with Gasteiger partial charge in [0, 0.05) is 19.6 Å². The van der Waals surface area contributed by atoms with Crippen LogP contribution in [0.3, 0.4) is 0 Å². The molecule has 0 saturated carbocycles. The molecule has 2 aliphatic heterocycles. The van der Waals surface area contributed by atoms with E-state index in [1.165, 1.54) is 22.2 Å². The summed E-state index contributed by atoms with van der Waals surface area (Å²) >= 11 is 6.58. The summed E-state index contributed by atoms with van der Waals surface area (Å²) in [4.78, 5) is 29.3. The molecule has 2 saturated heterocycles. The van der Waals surface area contributed by atoms with Crippen LogP contribution in [0.25, 0.3) is 6.08 Å². The highest BCUT2D eigenvalue weighted by Crippen LogP contribution is 2.32. The van der Waals surface area contributed by atoms with Crippen molar-refractivity contribution in [2.45, 2.75) is 26.2 Å². The molecule has 0 aliphatic carbocycles. The average Bonchev–Trinajstić information content (AvgIpc) is 2.99. The van der Waals surface area contributed by atoms with E-state index in [-0.39, 0.29) is 18.4 Å². The van der Waals surface area contributed by atoms with Gasteiger partial charge in [0.2, 0.25) is 5.91 Å². The highest BCUT2D eigenvalue weighted by Gasteiger charge is 2.33. The number of carbonyl (C=O) groups excluding carboxylic acids is 2. The van der Waals surface area contributed by atoms with E-state index in [9.17, 15) is 9.59 Å². The molecule has 2 amide bonds. The molecule has 0 bridgehead atoms. The molecule has 0 radical (unpaired) electrons. The van der Waals surface area contributed by atoms with Gasteiger partial charge in [-0.25, -0.2) is 0 Å². The summed E-state index contributed by atoms with van der Waals surface area (Å²) in [7, 11) is 0. The van der Waals surface area contributed by atoms with Crippen LogP contribution in [-0.4, -0.2) is 71.9 Å². The normalized spacial score (nSPS) is 19.2. The molecule has 0 aromatic heterocycles. The first-order valence-corrected chi connectivity index (χ1v) is 11.6. The molecule has 0 unspecified atom stereocenters. The van der Waals surface area contributed by atoms with E-state index in [0.29, 0.717) is 21.7 Å². The van der Waals surface area contributed by atoms with Crippen LogP contribution in [0.2, 0.25) is 0 Å². The number of benzene rings is 1. The smallest absolute Gasteiger partial charge is 0.266 e. The topological polar surface area (TPSA) is 61.9 Å². The second kappa shape index (κ2) is 11.0. The average molecular weight is 448 g/mol. The zero-order chi connectivity index (χ0) is 21.5. The van der Waals surface area contributed by atoms with Gasteiger partial charge in [-0.1, -0.05) is 62.1 Å². The van der Waals surface area contributed by atoms with Crippen LogP contribution in [0.15, 0.2) is 29.2 Å². The summed E-state index contributed by atoms with van der Waals surface area (Å²) in [5, 5.41) is 2.89. The minimum absolute atomic E-state index is 0.0359. The first-order valence-electron chi connectivity index (χ1n) is 10.4. The lowest BCUT2D eigenvalue weighted by Crippen LogP contribution is -2.41. The maximum absolute atomic E-state index is 12.7. The van der Waals surface area contributed by atoms with E-state index in [1.807, 2.05) is 18.2 Å². The first-order chi connectivity index (χ1) is 14.4. The second-order valence-corrected chi connectivity index (χ2v) is 9.42. The van der Waals surface area contributed by atoms with Crippen LogP contribution in [0, 0.1) is 0 Å². The van der Waals surface area contributed by atoms with Crippen molar-refractivity contribution in [2.24, 2.45) is 0 Å². The van der Waals surface area contributed by atoms with Crippen molar-refractivity contribution < 1.29 is 14.3 Å². The summed E-state index contributed by atoms with van der Waals surface area (Å²) in [5.41, 5.74) is 2.21. The van der Waals surface area contributed by atoms with Crippen molar-refractivity contribution in [3.8, 4) is 0 Å². The monoisotopic (exact) mass is 447 g/mol. The van der Waals surface area contributed by atoms with Crippen molar-refractivity contribution >= 4 is 46.2 Å². The predicted octanol–water partition coefficient (Wildman–Crippen LogP) is 2.85. The third-order valence-corrected chi connectivity index (χ3v) is 6.53. The van der Waals surface area contributed by atoms with Crippen molar-refractivity contribution in [1.29, 1.82) is 0 Å². The van der Waals surface area contributed by atoms with Crippen LogP contribution < -0.4 is 5.32 Å². The second-order valence-electron chi connectivity index (χ2n) is 7.75. The summed E-state index contributed by atoms with van der Waals surface area (Å²) in [6.45, 7) is 9.21. The van der Waals surface area contributed by atoms with E-state index < -0.39 is 0 Å². The first kappa shape index (κ1) is 22.9. The molecule has 0 spiro atoms. The number of thioether (sulfide) groups is 1. The highest BCUT2D eigenvalue weighted by molar-refractivity contribution is 8.26. The standard InChI is InChI=1S/C22H29N3O3S2/c1-16(2)18-6-4-17(5-7-18)14-19-21(27)25(22(29)30-19)15-20(26)23-8-3-9-24-10-12-28-13-11-24/h4-7,14,16H,3,8-13,15H2,1-2H3,(H,23,26)/b19-14-. The zero-order valence-electron chi connectivity index (χ0n) is 17.6. The Balaban J connectivity index is 1.47. The molecule has 162 valence electrons. The fraction of sp³-hybridized carbons (Fsp3) is 0.500. The molecular formula is C22H29N3O3S2. The Bertz CT molecular complexity index is 802. The quantitative estimate of drug-likeness (QED) is 0.376. The number of hydrogen-bond donors (Lipinski definition) is 1. The lowest BCUT2D eigenvalue weighted by molar-refractivity contribution is -0.128. The molecule has 6 nitrogen and oxygen atoms in total. The zero-order valence-corrected chi connectivity index (χ0v) is 19.2. The van der Waals surface area contributed by atoms with Crippen molar-refractivity contribution in [2.75, 3.05) is 45.9 Å². The lowest BCUT2D eigenvalue weighted by Gasteiger charge is -2.26. The number of ether oxygens (including phenoxy) is 1. The molecule has 2 heterocycles. The van der Waals surface area contributed by atoms with Crippen LogP contribution in [0.1, 0.15) is 37.3 Å². The van der Waals surface area contributed by atoms with Gasteiger partial charge in [-0.3, -0.25) is 19.4 Å². The van der Waals surface area contributed by atoms with Gasteiger partial charge in [-0.15, -0.1) is 0 Å². The van der Waals surface area contributed by atoms with Crippen molar-refractivity contribution in [3.63, 3.8) is 0 Å². The van der Waals surface area contributed by atoms with E-state index in [4.69, 9.17) is 17.0 Å². The van der Waals surface area contributed by atoms with Gasteiger partial charge in [0.25, 0.3) is 5.91 Å². The summed E-state index contributed by atoms with van der Waals surface area (Å²) < 4.78 is 5.76. The van der Waals surface area contributed by atoms with Crippen LogP contribution in [-0.2, 0) is 14.3 Å². The number of morpholine rings is 1. The van der Waals surface area contributed by atoms with Gasteiger partial charge < -0.3 is 10.1 Å². The van der Waals surface area contributed by atoms with Crippen LogP contribution in [0.5, 0.6) is 0 Å². The molecule has 1 N–H and O–H groups in total. The number of rotatable bonds is 8. The Hall–Kier alpha value is -1.74. The minimum atomic E-state index is -0.207. The number of nitrogens with one attached hydrogen (secondary N) is 1. The van der Waals surface area contributed by atoms with Gasteiger partial charge in [-0.2, -0.15) is 0 Å². The number of thiocarbonyl (C=S) groups is 1. The largest absolute Gasteiger partial charge is 0.379 e. The molecule has 3 rings (SSSR count). The Morgan fingerprint density at radius 2 is 1.97 bits per heavy atom. The molecule has 8 heteroatoms. The minimum Gasteiger partial charge on any atom is -0.379 e. The van der Waals surface area contributed by atoms with Gasteiger partial charge in [0.05, 0.1) is 18.1 Å². The third kappa shape index (κ3) is 6.38. The third-order valence-electron chi connectivity index (χ3n) is 5.15. The van der Waals surface area contributed by atoms with Crippen LogP contribution in [0.4, 0.5) is 0 Å². The predicted molar refractivity (Wildman–Crippen MR) is 125 cm³/mol. The van der Waals surface area contributed by atoms with E-state index in [0.717, 1.165) is 44.8 Å². The Labute approximate surface area is 188 Å². The number of nitrogens with zero attached hydrogens (tertiary/aromatic N) is 2. The fourth-order valence-electron chi connectivity index (χ4n) is 3.32. The summed E-state index contributed by atoms with van der Waals surface area (Å²) in [6.07, 6.45) is 2.71. The van der Waals surface area contributed by atoms with Gasteiger partial charge in [0.15, 0.2) is 0 Å². The molecular weight excluding hydrogens is 418 g/mol. The SMILES string of the molecule is CC(C)c1ccc(/C=C2\SC(=S)N(CC(=O)NCCCN3CCOCC3)C2=O)cc1. The van der Waals surface area contributed by atoms with E-state index >= 15 is 0 Å². The summed E-state index contributed by atoms with van der Waals surface area (Å²) in [5.74, 6) is 0.0712. The van der Waals surface area contributed by atoms with Gasteiger partial charge in [-0.05, 0) is 36.1 Å². The number of carbonyl (C=O) groups is 2. The number of hydrogen-bond acceptors (Lipinski definition) is 6. The van der Waals surface area contributed by atoms with Gasteiger partial charge >= 0.3 is 0 Å². The van der Waals surface area contributed by atoms with Crippen LogP contribution >= 0.6 is 24.0 Å². The fourth-order valence-corrected chi connectivity index (χ4v) is 4.57. The lowest BCUT2D eigenvalue weighted by atomic mass is 10.0. The van der Waals surface area contributed by atoms with Gasteiger partial charge in [0.1, 0.15) is 10.9 Å². The van der Waals surface area contributed by atoms with E-state index in [1.54, 1.807) is 0 Å². The molecule has 0 atom stereocenters. The molecule has 1 aromatic carbocycles. The number of amides is 2. The summed E-state index contributed by atoms with van der Waals surface area (Å²) in [6, 6.07) is 8.15. The highest BCUT2D eigenvalue weighted by atomic mass is 32.2. The van der Waals surface area contributed by atoms with Crippen molar-refractivity contribution in [1.82, 2.24) is 15.1 Å². The maximum atomic E-state index is 12.7.